The fraction of sp³-hybridized carbons (Fsp3) is 0.929. The highest BCUT2D eigenvalue weighted by molar-refractivity contribution is 5.69. The van der Waals surface area contributed by atoms with E-state index in [1.807, 2.05) is 25.7 Å². The van der Waals surface area contributed by atoms with E-state index < -0.39 is 5.60 Å². The first-order valence-corrected chi connectivity index (χ1v) is 7.14. The summed E-state index contributed by atoms with van der Waals surface area (Å²) in [6.07, 6.45) is 5.56. The van der Waals surface area contributed by atoms with Crippen molar-refractivity contribution >= 4 is 6.09 Å². The molecule has 104 valence electrons. The molecule has 0 aromatic rings. The standard InChI is InChI=1S/C14H26N2O2/c1-13(2,3)18-12(17)16-10-5-4-7-14(16)8-6-9-15-11-14/h15H,4-11H2,1-3H3. The Hall–Kier alpha value is -0.770. The highest BCUT2D eigenvalue weighted by atomic mass is 16.6. The van der Waals surface area contributed by atoms with Gasteiger partial charge in [0, 0.05) is 13.1 Å². The summed E-state index contributed by atoms with van der Waals surface area (Å²) in [6, 6.07) is 0. The number of piperidine rings is 2. The van der Waals surface area contributed by atoms with Crippen LogP contribution in [0.4, 0.5) is 4.79 Å². The first-order chi connectivity index (χ1) is 8.43. The largest absolute Gasteiger partial charge is 0.444 e. The highest BCUT2D eigenvalue weighted by Gasteiger charge is 2.43. The molecule has 2 heterocycles. The van der Waals surface area contributed by atoms with Crippen LogP contribution in [0.15, 0.2) is 0 Å². The molecule has 1 N–H and O–H groups in total. The lowest BCUT2D eigenvalue weighted by Gasteiger charge is -2.49. The Labute approximate surface area is 110 Å². The van der Waals surface area contributed by atoms with Crippen molar-refractivity contribution in [2.75, 3.05) is 19.6 Å². The Balaban J connectivity index is 2.10. The minimum atomic E-state index is -0.405. The lowest BCUT2D eigenvalue weighted by molar-refractivity contribution is -0.0228. The van der Waals surface area contributed by atoms with Crippen molar-refractivity contribution in [3.63, 3.8) is 0 Å². The number of amides is 1. The molecule has 2 saturated heterocycles. The van der Waals surface area contributed by atoms with Crippen molar-refractivity contribution in [2.45, 2.75) is 64.0 Å². The van der Waals surface area contributed by atoms with Gasteiger partial charge in [-0.05, 0) is 59.4 Å². The number of carbonyl (C=O) groups excluding carboxylic acids is 1. The van der Waals surface area contributed by atoms with Crippen molar-refractivity contribution in [3.8, 4) is 0 Å². The zero-order chi connectivity index (χ0) is 13.2. The quantitative estimate of drug-likeness (QED) is 0.722. The van der Waals surface area contributed by atoms with Gasteiger partial charge < -0.3 is 15.0 Å². The number of rotatable bonds is 0. The van der Waals surface area contributed by atoms with Crippen LogP contribution < -0.4 is 5.32 Å². The predicted octanol–water partition coefficient (Wildman–Crippen LogP) is 2.53. The summed E-state index contributed by atoms with van der Waals surface area (Å²) in [5.41, 5.74) is -0.392. The Kier molecular flexibility index (Phi) is 3.85. The molecule has 1 spiro atoms. The summed E-state index contributed by atoms with van der Waals surface area (Å²) in [6.45, 7) is 8.63. The lowest BCUT2D eigenvalue weighted by Crippen LogP contribution is -2.62. The van der Waals surface area contributed by atoms with Crippen LogP contribution in [0.5, 0.6) is 0 Å². The molecule has 2 fully saturated rings. The smallest absolute Gasteiger partial charge is 0.410 e. The molecule has 4 heteroatoms. The molecule has 2 rings (SSSR count). The first kappa shape index (κ1) is 13.7. The second-order valence-corrected chi connectivity index (χ2v) is 6.59. The number of carbonyl (C=O) groups is 1. The van der Waals surface area contributed by atoms with Gasteiger partial charge in [0.1, 0.15) is 5.60 Å². The van der Waals surface area contributed by atoms with Crippen molar-refractivity contribution in [1.82, 2.24) is 10.2 Å². The van der Waals surface area contributed by atoms with Gasteiger partial charge in [0.05, 0.1) is 5.54 Å². The summed E-state index contributed by atoms with van der Waals surface area (Å²) in [4.78, 5) is 14.4. The average Bonchev–Trinajstić information content (AvgIpc) is 2.28. The third-order valence-electron chi connectivity index (χ3n) is 3.91. The molecule has 0 radical (unpaired) electrons. The van der Waals surface area contributed by atoms with E-state index in [1.165, 1.54) is 6.42 Å². The van der Waals surface area contributed by atoms with E-state index in [4.69, 9.17) is 4.74 Å². The lowest BCUT2D eigenvalue weighted by atomic mass is 9.81. The maximum atomic E-state index is 12.4. The molecule has 0 aromatic heterocycles. The normalized spacial score (nSPS) is 29.4. The zero-order valence-corrected chi connectivity index (χ0v) is 11.9. The molecular weight excluding hydrogens is 228 g/mol. The predicted molar refractivity (Wildman–Crippen MR) is 71.6 cm³/mol. The number of likely N-dealkylation sites (tertiary alicyclic amines) is 1. The fourth-order valence-electron chi connectivity index (χ4n) is 3.09. The van der Waals surface area contributed by atoms with Crippen LogP contribution in [0.1, 0.15) is 52.9 Å². The zero-order valence-electron chi connectivity index (χ0n) is 11.9. The SMILES string of the molecule is CC(C)(C)OC(=O)N1CCCCC12CCCNC2. The monoisotopic (exact) mass is 254 g/mol. The molecule has 4 nitrogen and oxygen atoms in total. The number of ether oxygens (including phenoxy) is 1. The van der Waals surface area contributed by atoms with Gasteiger partial charge in [-0.25, -0.2) is 4.79 Å². The van der Waals surface area contributed by atoms with E-state index in [0.29, 0.717) is 0 Å². The summed E-state index contributed by atoms with van der Waals surface area (Å²) in [5.74, 6) is 0. The Bertz CT molecular complexity index is 295. The van der Waals surface area contributed by atoms with E-state index in [1.54, 1.807) is 0 Å². The third kappa shape index (κ3) is 2.97. The molecule has 0 aromatic carbocycles. The van der Waals surface area contributed by atoms with Crippen molar-refractivity contribution in [1.29, 1.82) is 0 Å². The summed E-state index contributed by atoms with van der Waals surface area (Å²) in [5, 5.41) is 3.44. The van der Waals surface area contributed by atoms with Crippen molar-refractivity contribution < 1.29 is 9.53 Å². The van der Waals surface area contributed by atoms with Gasteiger partial charge in [-0.3, -0.25) is 0 Å². The van der Waals surface area contributed by atoms with Crippen LogP contribution in [-0.4, -0.2) is 41.8 Å². The molecule has 1 amide bonds. The highest BCUT2D eigenvalue weighted by Crippen LogP contribution is 2.34. The fourth-order valence-corrected chi connectivity index (χ4v) is 3.09. The second kappa shape index (κ2) is 5.08. The Morgan fingerprint density at radius 2 is 1.94 bits per heavy atom. The van der Waals surface area contributed by atoms with Crippen molar-refractivity contribution in [2.24, 2.45) is 0 Å². The van der Waals surface area contributed by atoms with Crippen molar-refractivity contribution in [3.05, 3.63) is 0 Å². The summed E-state index contributed by atoms with van der Waals surface area (Å²) >= 11 is 0. The van der Waals surface area contributed by atoms with Crippen LogP contribution in [0, 0.1) is 0 Å². The van der Waals surface area contributed by atoms with Crippen LogP contribution in [0.2, 0.25) is 0 Å². The van der Waals surface area contributed by atoms with Crippen LogP contribution in [0.3, 0.4) is 0 Å². The van der Waals surface area contributed by atoms with E-state index in [9.17, 15) is 4.79 Å². The maximum absolute atomic E-state index is 12.4. The molecule has 18 heavy (non-hydrogen) atoms. The molecular formula is C14H26N2O2. The van der Waals surface area contributed by atoms with Gasteiger partial charge in [-0.15, -0.1) is 0 Å². The average molecular weight is 254 g/mol. The molecule has 1 atom stereocenters. The number of nitrogens with one attached hydrogen (secondary N) is 1. The molecule has 2 aliphatic rings. The molecule has 0 aliphatic carbocycles. The van der Waals surface area contributed by atoms with Crippen LogP contribution in [-0.2, 0) is 4.74 Å². The van der Waals surface area contributed by atoms with E-state index in [2.05, 4.69) is 5.32 Å². The van der Waals surface area contributed by atoms with E-state index in [-0.39, 0.29) is 11.6 Å². The molecule has 1 unspecified atom stereocenters. The minimum absolute atomic E-state index is 0.0127. The Morgan fingerprint density at radius 1 is 1.22 bits per heavy atom. The van der Waals surface area contributed by atoms with Crippen LogP contribution in [0.25, 0.3) is 0 Å². The molecule has 0 bridgehead atoms. The van der Waals surface area contributed by atoms with Crippen LogP contribution >= 0.6 is 0 Å². The van der Waals surface area contributed by atoms with Gasteiger partial charge >= 0.3 is 6.09 Å². The second-order valence-electron chi connectivity index (χ2n) is 6.59. The van der Waals surface area contributed by atoms with Gasteiger partial charge in [-0.1, -0.05) is 0 Å². The maximum Gasteiger partial charge on any atom is 0.410 e. The van der Waals surface area contributed by atoms with E-state index in [0.717, 1.165) is 45.3 Å². The first-order valence-electron chi connectivity index (χ1n) is 7.14. The van der Waals surface area contributed by atoms with Gasteiger partial charge in [-0.2, -0.15) is 0 Å². The van der Waals surface area contributed by atoms with Gasteiger partial charge in [0.2, 0.25) is 0 Å². The number of hydrogen-bond donors (Lipinski definition) is 1. The summed E-state index contributed by atoms with van der Waals surface area (Å²) in [7, 11) is 0. The third-order valence-corrected chi connectivity index (χ3v) is 3.91. The minimum Gasteiger partial charge on any atom is -0.444 e. The molecule has 0 saturated carbocycles. The van der Waals surface area contributed by atoms with Gasteiger partial charge in [0.25, 0.3) is 0 Å². The molecule has 2 aliphatic heterocycles. The van der Waals surface area contributed by atoms with Gasteiger partial charge in [0.15, 0.2) is 0 Å². The number of hydrogen-bond acceptors (Lipinski definition) is 3. The number of nitrogens with zero attached hydrogens (tertiary/aromatic N) is 1. The summed E-state index contributed by atoms with van der Waals surface area (Å²) < 4.78 is 5.56. The van der Waals surface area contributed by atoms with E-state index >= 15 is 0 Å². The topological polar surface area (TPSA) is 41.6 Å². The Morgan fingerprint density at radius 3 is 2.56 bits per heavy atom.